The molecule has 0 heterocycles. The average molecular weight is 256 g/mol. The Bertz CT molecular complexity index is 145. The summed E-state index contributed by atoms with van der Waals surface area (Å²) in [5, 5.41) is 0. The quantitative estimate of drug-likeness (QED) is 0.412. The molecular formula is C5H5IO4. The van der Waals surface area contributed by atoms with Crippen molar-refractivity contribution in [3.05, 3.63) is 12.2 Å². The molecule has 10 heavy (non-hydrogen) atoms. The smallest absolute Gasteiger partial charge is 0.340 e. The molecule has 0 spiro atoms. The molecule has 0 amide bonds. The number of rotatable bonds is 2. The molecule has 0 radical (unpaired) electrons. The predicted molar refractivity (Wildman–Crippen MR) is 41.3 cm³/mol. The summed E-state index contributed by atoms with van der Waals surface area (Å²) in [7, 11) is 1.22. The van der Waals surface area contributed by atoms with E-state index in [0.717, 1.165) is 12.2 Å². The van der Waals surface area contributed by atoms with Crippen molar-refractivity contribution >= 4 is 34.9 Å². The molecule has 0 aliphatic heterocycles. The fraction of sp³-hybridized carbons (Fsp3) is 0.200. The van der Waals surface area contributed by atoms with Gasteiger partial charge < -0.3 is 7.80 Å². The lowest BCUT2D eigenvalue weighted by Crippen LogP contribution is -1.97. The molecule has 0 aromatic heterocycles. The highest BCUT2D eigenvalue weighted by Gasteiger charge is 1.95. The van der Waals surface area contributed by atoms with Crippen LogP contribution >= 0.6 is 23.0 Å². The Morgan fingerprint density at radius 1 is 1.30 bits per heavy atom. The number of halogens is 1. The van der Waals surface area contributed by atoms with Gasteiger partial charge in [0.15, 0.2) is 23.0 Å². The van der Waals surface area contributed by atoms with E-state index in [4.69, 9.17) is 0 Å². The van der Waals surface area contributed by atoms with Crippen LogP contribution in [0.1, 0.15) is 0 Å². The minimum atomic E-state index is -0.592. The zero-order valence-corrected chi connectivity index (χ0v) is 7.32. The summed E-state index contributed by atoms with van der Waals surface area (Å²) >= 11 is 1.42. The largest absolute Gasteiger partial charge is 0.466 e. The summed E-state index contributed by atoms with van der Waals surface area (Å²) in [4.78, 5) is 20.6. The van der Waals surface area contributed by atoms with Crippen LogP contribution < -0.4 is 0 Å². The molecule has 56 valence electrons. The first-order valence-electron chi connectivity index (χ1n) is 2.29. The molecule has 4 nitrogen and oxygen atoms in total. The molecule has 0 unspecified atom stereocenters. The van der Waals surface area contributed by atoms with Gasteiger partial charge in [-0.1, -0.05) is 0 Å². The Hall–Kier alpha value is -0.590. The third-order valence-corrected chi connectivity index (χ3v) is 1.07. The van der Waals surface area contributed by atoms with Gasteiger partial charge in [0.1, 0.15) is 0 Å². The Morgan fingerprint density at radius 2 is 1.80 bits per heavy atom. The van der Waals surface area contributed by atoms with Crippen LogP contribution in [-0.4, -0.2) is 19.0 Å². The van der Waals surface area contributed by atoms with Crippen LogP contribution in [0.25, 0.3) is 0 Å². The van der Waals surface area contributed by atoms with Gasteiger partial charge in [-0.2, -0.15) is 0 Å². The summed E-state index contributed by atoms with van der Waals surface area (Å²) in [6.07, 6.45) is 1.97. The molecule has 0 fully saturated rings. The highest BCUT2D eigenvalue weighted by Crippen LogP contribution is 1.88. The summed E-state index contributed by atoms with van der Waals surface area (Å²) in [5.41, 5.74) is 0. The Labute approximate surface area is 71.9 Å². The number of esters is 1. The number of methoxy groups -OCH3 is 1. The van der Waals surface area contributed by atoms with Crippen LogP contribution in [0.15, 0.2) is 12.2 Å². The molecule has 0 saturated heterocycles. The molecule has 0 atom stereocenters. The van der Waals surface area contributed by atoms with Gasteiger partial charge in [0.25, 0.3) is 0 Å². The van der Waals surface area contributed by atoms with Crippen molar-refractivity contribution < 1.29 is 17.4 Å². The maximum absolute atomic E-state index is 10.3. The number of carbonyl (C=O) groups is 2. The van der Waals surface area contributed by atoms with Crippen molar-refractivity contribution in [3.8, 4) is 0 Å². The lowest BCUT2D eigenvalue weighted by Gasteiger charge is -1.87. The van der Waals surface area contributed by atoms with Crippen LogP contribution in [0, 0.1) is 0 Å². The highest BCUT2D eigenvalue weighted by atomic mass is 127. The molecule has 0 saturated carbocycles. The van der Waals surface area contributed by atoms with Crippen molar-refractivity contribution in [2.75, 3.05) is 7.11 Å². The third kappa shape index (κ3) is 4.30. The second kappa shape index (κ2) is 5.21. The first-order chi connectivity index (χ1) is 4.70. The van der Waals surface area contributed by atoms with E-state index in [-0.39, 0.29) is 0 Å². The van der Waals surface area contributed by atoms with E-state index in [2.05, 4.69) is 7.80 Å². The van der Waals surface area contributed by atoms with Gasteiger partial charge in [0.05, 0.1) is 7.11 Å². The van der Waals surface area contributed by atoms with Crippen molar-refractivity contribution in [2.24, 2.45) is 0 Å². The standard InChI is InChI=1S/C5H5IO4/c1-9-4(7)2-3-5(8)10-6/h2-3H,1H3/b3-2-. The van der Waals surface area contributed by atoms with Crippen molar-refractivity contribution in [3.63, 3.8) is 0 Å². The van der Waals surface area contributed by atoms with Gasteiger partial charge in [-0.25, -0.2) is 9.59 Å². The van der Waals surface area contributed by atoms with Gasteiger partial charge in [-0.05, 0) is 0 Å². The van der Waals surface area contributed by atoms with E-state index >= 15 is 0 Å². The zero-order valence-electron chi connectivity index (χ0n) is 5.17. The molecule has 5 heteroatoms. The first-order valence-corrected chi connectivity index (χ1v) is 3.17. The molecule has 0 bridgehead atoms. The predicted octanol–water partition coefficient (Wildman–Crippen LogP) is 0.609. The maximum atomic E-state index is 10.3. The second-order valence-electron chi connectivity index (χ2n) is 1.25. The number of carbonyl (C=O) groups excluding carboxylic acids is 2. The first kappa shape index (κ1) is 9.41. The Morgan fingerprint density at radius 3 is 2.20 bits per heavy atom. The topological polar surface area (TPSA) is 52.6 Å². The lowest BCUT2D eigenvalue weighted by atomic mass is 10.5. The summed E-state index contributed by atoms with van der Waals surface area (Å²) in [6, 6.07) is 0. The fourth-order valence-corrected chi connectivity index (χ4v) is 0.377. The number of hydrogen-bond donors (Lipinski definition) is 0. The van der Waals surface area contributed by atoms with Crippen LogP contribution in [-0.2, 0) is 17.4 Å². The molecule has 0 rings (SSSR count). The highest BCUT2D eigenvalue weighted by molar-refractivity contribution is 14.1. The zero-order chi connectivity index (χ0) is 7.98. The Kier molecular flexibility index (Phi) is 4.91. The Balaban J connectivity index is 3.75. The molecule has 0 aromatic rings. The van der Waals surface area contributed by atoms with E-state index in [1.807, 2.05) is 0 Å². The van der Waals surface area contributed by atoms with Gasteiger partial charge in [0.2, 0.25) is 0 Å². The molecular weight excluding hydrogens is 251 g/mol. The van der Waals surface area contributed by atoms with Crippen LogP contribution in [0.5, 0.6) is 0 Å². The van der Waals surface area contributed by atoms with Crippen molar-refractivity contribution in [1.29, 1.82) is 0 Å². The average Bonchev–Trinajstić information content (AvgIpc) is 1.99. The minimum Gasteiger partial charge on any atom is -0.466 e. The van der Waals surface area contributed by atoms with Gasteiger partial charge in [-0.3, -0.25) is 0 Å². The fourth-order valence-electron chi connectivity index (χ4n) is 0.230. The summed E-state index contributed by atoms with van der Waals surface area (Å²) in [6.45, 7) is 0. The monoisotopic (exact) mass is 256 g/mol. The SMILES string of the molecule is COC(=O)/C=C\C(=O)OI. The van der Waals surface area contributed by atoms with Crippen LogP contribution in [0.4, 0.5) is 0 Å². The number of hydrogen-bond acceptors (Lipinski definition) is 4. The van der Waals surface area contributed by atoms with E-state index in [1.165, 1.54) is 30.1 Å². The third-order valence-electron chi connectivity index (χ3n) is 0.633. The summed E-state index contributed by atoms with van der Waals surface area (Å²) < 4.78 is 8.39. The molecule has 0 aliphatic rings. The second-order valence-corrected chi connectivity index (χ2v) is 1.69. The van der Waals surface area contributed by atoms with Crippen molar-refractivity contribution in [1.82, 2.24) is 0 Å². The minimum absolute atomic E-state index is 0.582. The normalized spacial score (nSPS) is 9.40. The molecule has 0 aliphatic carbocycles. The maximum Gasteiger partial charge on any atom is 0.340 e. The van der Waals surface area contributed by atoms with Gasteiger partial charge in [0, 0.05) is 12.2 Å². The van der Waals surface area contributed by atoms with E-state index < -0.39 is 11.9 Å². The number of ether oxygens (including phenoxy) is 1. The van der Waals surface area contributed by atoms with E-state index in [9.17, 15) is 9.59 Å². The summed E-state index contributed by atoms with van der Waals surface area (Å²) in [5.74, 6) is -1.17. The van der Waals surface area contributed by atoms with E-state index in [0.29, 0.717) is 0 Å². The molecule has 0 N–H and O–H groups in total. The van der Waals surface area contributed by atoms with Gasteiger partial charge in [-0.15, -0.1) is 0 Å². The van der Waals surface area contributed by atoms with Crippen molar-refractivity contribution in [2.45, 2.75) is 0 Å². The van der Waals surface area contributed by atoms with Gasteiger partial charge >= 0.3 is 11.9 Å². The lowest BCUT2D eigenvalue weighted by molar-refractivity contribution is -0.135. The van der Waals surface area contributed by atoms with Crippen LogP contribution in [0.3, 0.4) is 0 Å². The van der Waals surface area contributed by atoms with E-state index in [1.54, 1.807) is 0 Å². The van der Waals surface area contributed by atoms with Crippen LogP contribution in [0.2, 0.25) is 0 Å². The molecule has 0 aromatic carbocycles.